The molecule has 0 radical (unpaired) electrons. The predicted molar refractivity (Wildman–Crippen MR) is 85.2 cm³/mol. The van der Waals surface area contributed by atoms with E-state index in [0.29, 0.717) is 5.41 Å². The second-order valence-electron chi connectivity index (χ2n) is 6.32. The minimum Gasteiger partial charge on any atom is -0.493 e. The van der Waals surface area contributed by atoms with E-state index in [0.717, 1.165) is 35.7 Å². The molecule has 0 aliphatic heterocycles. The normalized spacial score (nSPS) is 16.4. The van der Waals surface area contributed by atoms with E-state index in [1.807, 2.05) is 13.4 Å². The molecule has 0 unspecified atom stereocenters. The van der Waals surface area contributed by atoms with Crippen molar-refractivity contribution in [1.29, 1.82) is 0 Å². The summed E-state index contributed by atoms with van der Waals surface area (Å²) >= 11 is 0. The molecule has 0 atom stereocenters. The van der Waals surface area contributed by atoms with Gasteiger partial charge in [-0.1, -0.05) is 6.92 Å². The Morgan fingerprint density at radius 3 is 2.60 bits per heavy atom. The topological polar surface area (TPSA) is 24.8 Å². The second kappa shape index (κ2) is 5.86. The molecule has 0 heterocycles. The average molecular weight is 274 g/mol. The first-order chi connectivity index (χ1) is 9.43. The monoisotopic (exact) mass is 274 g/mol. The van der Waals surface area contributed by atoms with Crippen LogP contribution in [0.5, 0.6) is 5.75 Å². The molecule has 0 saturated heterocycles. The first-order valence-corrected chi connectivity index (χ1v) is 7.42. The lowest BCUT2D eigenvalue weighted by Crippen LogP contribution is -2.14. The molecule has 0 amide bonds. The fourth-order valence-electron chi connectivity index (χ4n) is 1.92. The third kappa shape index (κ3) is 3.75. The van der Waals surface area contributed by atoms with Gasteiger partial charge in [-0.3, -0.25) is 0 Å². The Morgan fingerprint density at radius 2 is 2.00 bits per heavy atom. The molecule has 1 fully saturated rings. The van der Waals surface area contributed by atoms with Gasteiger partial charge in [0, 0.05) is 19.0 Å². The van der Waals surface area contributed by atoms with Gasteiger partial charge in [0.05, 0.1) is 18.6 Å². The van der Waals surface area contributed by atoms with Gasteiger partial charge in [-0.25, -0.2) is 4.99 Å². The van der Waals surface area contributed by atoms with Gasteiger partial charge in [0.25, 0.3) is 0 Å². The predicted octanol–water partition coefficient (Wildman–Crippen LogP) is 4.09. The molecule has 1 aromatic rings. The van der Waals surface area contributed by atoms with Gasteiger partial charge in [0.15, 0.2) is 0 Å². The summed E-state index contributed by atoms with van der Waals surface area (Å²) in [7, 11) is 2.03. The summed E-state index contributed by atoms with van der Waals surface area (Å²) in [5.74, 6) is 0.999. The molecule has 0 spiro atoms. The number of benzene rings is 1. The highest BCUT2D eigenvalue weighted by atomic mass is 16.5. The Hall–Kier alpha value is -1.51. The summed E-state index contributed by atoms with van der Waals surface area (Å²) in [5, 5.41) is 0. The molecule has 0 bridgehead atoms. The summed E-state index contributed by atoms with van der Waals surface area (Å²) in [4.78, 5) is 6.61. The van der Waals surface area contributed by atoms with Crippen LogP contribution in [-0.2, 0) is 0 Å². The summed E-state index contributed by atoms with van der Waals surface area (Å²) in [5.41, 5.74) is 3.76. The minimum absolute atomic E-state index is 0.418. The lowest BCUT2D eigenvalue weighted by molar-refractivity contribution is 0.246. The highest BCUT2D eigenvalue weighted by molar-refractivity contribution is 5.64. The van der Waals surface area contributed by atoms with E-state index >= 15 is 0 Å². The molecular weight excluding hydrogens is 248 g/mol. The van der Waals surface area contributed by atoms with E-state index in [4.69, 9.17) is 4.74 Å². The zero-order chi connectivity index (χ0) is 14.8. The largest absolute Gasteiger partial charge is 0.493 e. The van der Waals surface area contributed by atoms with Crippen molar-refractivity contribution in [3.63, 3.8) is 0 Å². The van der Waals surface area contributed by atoms with Crippen LogP contribution in [0.1, 0.15) is 37.8 Å². The first kappa shape index (κ1) is 14.9. The first-order valence-electron chi connectivity index (χ1n) is 7.42. The van der Waals surface area contributed by atoms with Gasteiger partial charge >= 0.3 is 0 Å². The number of rotatable bonds is 6. The van der Waals surface area contributed by atoms with Crippen LogP contribution in [0.2, 0.25) is 0 Å². The summed E-state index contributed by atoms with van der Waals surface area (Å²) in [6.07, 6.45) is 4.46. The summed E-state index contributed by atoms with van der Waals surface area (Å²) in [6.45, 7) is 10.4. The second-order valence-corrected chi connectivity index (χ2v) is 6.32. The molecular formula is C17H26N2O. The molecule has 2 rings (SSSR count). The molecule has 20 heavy (non-hydrogen) atoms. The Kier molecular flexibility index (Phi) is 4.36. The van der Waals surface area contributed by atoms with E-state index in [2.05, 4.69) is 49.7 Å². The molecule has 110 valence electrons. The maximum atomic E-state index is 5.98. The van der Waals surface area contributed by atoms with Crippen molar-refractivity contribution in [2.45, 2.75) is 40.5 Å². The highest BCUT2D eigenvalue weighted by Gasteiger charge is 2.38. The molecule has 1 aliphatic rings. The Morgan fingerprint density at radius 1 is 1.30 bits per heavy atom. The number of aryl methyl sites for hydroxylation is 2. The lowest BCUT2D eigenvalue weighted by Gasteiger charge is -2.15. The van der Waals surface area contributed by atoms with Gasteiger partial charge < -0.3 is 9.64 Å². The van der Waals surface area contributed by atoms with Crippen molar-refractivity contribution in [2.75, 3.05) is 20.2 Å². The Labute approximate surface area is 122 Å². The maximum Gasteiger partial charge on any atom is 0.122 e. The van der Waals surface area contributed by atoms with Gasteiger partial charge in [0.1, 0.15) is 5.75 Å². The fourth-order valence-corrected chi connectivity index (χ4v) is 1.92. The summed E-state index contributed by atoms with van der Waals surface area (Å²) in [6, 6.07) is 4.22. The zero-order valence-electron chi connectivity index (χ0n) is 13.4. The quantitative estimate of drug-likeness (QED) is 0.576. The van der Waals surface area contributed by atoms with Crippen molar-refractivity contribution in [3.8, 4) is 5.75 Å². The number of aliphatic imine (C=N–C) groups is 1. The third-order valence-electron chi connectivity index (χ3n) is 4.07. The van der Waals surface area contributed by atoms with Crippen LogP contribution in [0.15, 0.2) is 17.1 Å². The third-order valence-corrected chi connectivity index (χ3v) is 4.07. The molecule has 0 N–H and O–H groups in total. The van der Waals surface area contributed by atoms with Crippen molar-refractivity contribution in [3.05, 3.63) is 23.3 Å². The number of nitrogens with zero attached hydrogens (tertiary/aromatic N) is 2. The van der Waals surface area contributed by atoms with E-state index in [-0.39, 0.29) is 0 Å². The van der Waals surface area contributed by atoms with Crippen LogP contribution >= 0.6 is 0 Å². The fraction of sp³-hybridized carbons (Fsp3) is 0.588. The number of hydrogen-bond acceptors (Lipinski definition) is 2. The standard InChI is InChI=1S/C17H26N2O/c1-6-19(5)12-18-15-9-14(3)16(10-13(15)2)20-11-17(4)7-8-17/h9-10,12H,6-8,11H2,1-5H3/b18-12-. The van der Waals surface area contributed by atoms with Gasteiger partial charge in [-0.15, -0.1) is 0 Å². The molecule has 3 nitrogen and oxygen atoms in total. The van der Waals surface area contributed by atoms with Crippen molar-refractivity contribution < 1.29 is 4.74 Å². The number of ether oxygens (including phenoxy) is 1. The van der Waals surface area contributed by atoms with Crippen LogP contribution < -0.4 is 4.74 Å². The molecule has 1 aliphatic carbocycles. The molecule has 0 aromatic heterocycles. The van der Waals surface area contributed by atoms with E-state index in [9.17, 15) is 0 Å². The van der Waals surface area contributed by atoms with E-state index in [1.165, 1.54) is 12.8 Å². The van der Waals surface area contributed by atoms with Gasteiger partial charge in [-0.2, -0.15) is 0 Å². The van der Waals surface area contributed by atoms with Crippen LogP contribution in [0, 0.1) is 19.3 Å². The van der Waals surface area contributed by atoms with E-state index < -0.39 is 0 Å². The molecule has 3 heteroatoms. The lowest BCUT2D eigenvalue weighted by atomic mass is 10.1. The van der Waals surface area contributed by atoms with Crippen molar-refractivity contribution in [1.82, 2.24) is 4.90 Å². The van der Waals surface area contributed by atoms with Crippen molar-refractivity contribution in [2.24, 2.45) is 10.4 Å². The maximum absolute atomic E-state index is 5.98. The van der Waals surface area contributed by atoms with Crippen LogP contribution in [-0.4, -0.2) is 31.4 Å². The van der Waals surface area contributed by atoms with Crippen molar-refractivity contribution >= 4 is 12.0 Å². The van der Waals surface area contributed by atoms with Gasteiger partial charge in [0.2, 0.25) is 0 Å². The van der Waals surface area contributed by atoms with Crippen LogP contribution in [0.4, 0.5) is 5.69 Å². The molecule has 1 aromatic carbocycles. The Bertz CT molecular complexity index is 504. The van der Waals surface area contributed by atoms with Gasteiger partial charge in [-0.05, 0) is 56.9 Å². The molecule has 1 saturated carbocycles. The van der Waals surface area contributed by atoms with Crippen LogP contribution in [0.3, 0.4) is 0 Å². The summed E-state index contributed by atoms with van der Waals surface area (Å²) < 4.78 is 5.98. The highest BCUT2D eigenvalue weighted by Crippen LogP contribution is 2.45. The minimum atomic E-state index is 0.418. The average Bonchev–Trinajstić information content (AvgIpc) is 3.15. The van der Waals surface area contributed by atoms with E-state index in [1.54, 1.807) is 0 Å². The zero-order valence-corrected chi connectivity index (χ0v) is 13.4. The smallest absolute Gasteiger partial charge is 0.122 e. The number of hydrogen-bond donors (Lipinski definition) is 0. The van der Waals surface area contributed by atoms with Crippen LogP contribution in [0.25, 0.3) is 0 Å². The Balaban J connectivity index is 2.09. The SMILES string of the molecule is CCN(C)/C=N\c1cc(C)c(OCC2(C)CC2)cc1C.